The summed E-state index contributed by atoms with van der Waals surface area (Å²) in [7, 11) is 0. The van der Waals surface area contributed by atoms with Gasteiger partial charge in [-0.25, -0.2) is 9.50 Å². The number of anilines is 1. The van der Waals surface area contributed by atoms with Crippen LogP contribution in [-0.4, -0.2) is 25.4 Å². The summed E-state index contributed by atoms with van der Waals surface area (Å²) in [6, 6.07) is 8.43. The lowest BCUT2D eigenvalue weighted by Crippen LogP contribution is -2.16. The number of hydrogen-bond donors (Lipinski definition) is 1. The van der Waals surface area contributed by atoms with E-state index in [1.165, 1.54) is 13.0 Å². The molecule has 1 amide bonds. The molecule has 192 valence electrons. The van der Waals surface area contributed by atoms with Gasteiger partial charge in [-0.1, -0.05) is 6.07 Å². The third kappa shape index (κ3) is 5.60. The van der Waals surface area contributed by atoms with Crippen LogP contribution in [0.2, 0.25) is 0 Å². The maximum absolute atomic E-state index is 13.4. The molecular formula is C22H13F6N5O4. The third-order valence-corrected chi connectivity index (χ3v) is 4.84. The first kappa shape index (κ1) is 25.4. The van der Waals surface area contributed by atoms with Gasteiger partial charge in [0.05, 0.1) is 22.2 Å². The van der Waals surface area contributed by atoms with Gasteiger partial charge in [0.25, 0.3) is 11.6 Å². The SMILES string of the molecule is Cc1cc(C(F)(F)F)n2nc(C(=O)Nc3cc(Oc4cccc(C(F)(F)F)c4)cc([N+](=O)[O-])c3)cc2n1. The largest absolute Gasteiger partial charge is 0.457 e. The van der Waals surface area contributed by atoms with E-state index in [-0.39, 0.29) is 28.5 Å². The van der Waals surface area contributed by atoms with Crippen molar-refractivity contribution in [2.45, 2.75) is 19.3 Å². The average Bonchev–Trinajstić information content (AvgIpc) is 3.21. The Morgan fingerprint density at radius 2 is 1.73 bits per heavy atom. The molecule has 0 saturated heterocycles. The summed E-state index contributed by atoms with van der Waals surface area (Å²) >= 11 is 0. The number of nitro benzene ring substituents is 1. The van der Waals surface area contributed by atoms with Crippen LogP contribution in [0, 0.1) is 17.0 Å². The summed E-state index contributed by atoms with van der Waals surface area (Å²) in [6.45, 7) is 1.33. The van der Waals surface area contributed by atoms with E-state index in [9.17, 15) is 41.3 Å². The first-order valence-electron chi connectivity index (χ1n) is 10.1. The second kappa shape index (κ2) is 9.07. The molecule has 4 aromatic rings. The van der Waals surface area contributed by atoms with Gasteiger partial charge in [0.2, 0.25) is 0 Å². The van der Waals surface area contributed by atoms with Gasteiger partial charge in [0, 0.05) is 23.9 Å². The van der Waals surface area contributed by atoms with Crippen molar-refractivity contribution in [3.63, 3.8) is 0 Å². The summed E-state index contributed by atoms with van der Waals surface area (Å²) in [6.07, 6.45) is -9.45. The van der Waals surface area contributed by atoms with Gasteiger partial charge < -0.3 is 10.1 Å². The van der Waals surface area contributed by atoms with Crippen LogP contribution in [0.4, 0.5) is 37.7 Å². The van der Waals surface area contributed by atoms with Crippen LogP contribution in [0.5, 0.6) is 11.5 Å². The quantitative estimate of drug-likeness (QED) is 0.194. The molecule has 0 radical (unpaired) electrons. The highest BCUT2D eigenvalue weighted by molar-refractivity contribution is 6.03. The summed E-state index contributed by atoms with van der Waals surface area (Å²) in [5.41, 5.74) is -3.69. The first-order chi connectivity index (χ1) is 17.2. The Labute approximate surface area is 202 Å². The molecular weight excluding hydrogens is 512 g/mol. The number of aromatic nitrogens is 3. The zero-order valence-corrected chi connectivity index (χ0v) is 18.4. The second-order valence-corrected chi connectivity index (χ2v) is 7.63. The van der Waals surface area contributed by atoms with Crippen molar-refractivity contribution in [2.24, 2.45) is 0 Å². The van der Waals surface area contributed by atoms with Gasteiger partial charge in [0.1, 0.15) is 17.2 Å². The predicted octanol–water partition coefficient (Wildman–Crippen LogP) is 6.03. The Morgan fingerprint density at radius 3 is 2.38 bits per heavy atom. The highest BCUT2D eigenvalue weighted by Gasteiger charge is 2.35. The number of fused-ring (bicyclic) bond motifs is 1. The molecule has 0 fully saturated rings. The van der Waals surface area contributed by atoms with Crippen molar-refractivity contribution in [2.75, 3.05) is 5.32 Å². The maximum Gasteiger partial charge on any atom is 0.433 e. The molecule has 0 aliphatic heterocycles. The first-order valence-corrected chi connectivity index (χ1v) is 10.1. The van der Waals surface area contributed by atoms with E-state index >= 15 is 0 Å². The molecule has 2 aromatic heterocycles. The molecule has 2 heterocycles. The topological polar surface area (TPSA) is 112 Å². The molecule has 0 bridgehead atoms. The smallest absolute Gasteiger partial charge is 0.433 e. The standard InChI is InChI=1S/C22H13F6N5O4/c1-11-5-18(22(26,27)28)32-19(29-11)10-17(31-32)20(34)30-13-7-14(33(35)36)9-16(8-13)37-15-4-2-3-12(6-15)21(23,24)25/h2-10H,1H3,(H,30,34). The lowest BCUT2D eigenvalue weighted by Gasteiger charge is -2.11. The Hall–Kier alpha value is -4.69. The van der Waals surface area contributed by atoms with Crippen LogP contribution in [-0.2, 0) is 12.4 Å². The van der Waals surface area contributed by atoms with Crippen molar-refractivity contribution in [3.8, 4) is 11.5 Å². The van der Waals surface area contributed by atoms with Crippen molar-refractivity contribution < 1.29 is 40.8 Å². The lowest BCUT2D eigenvalue weighted by atomic mass is 10.2. The zero-order valence-electron chi connectivity index (χ0n) is 18.4. The number of hydrogen-bond acceptors (Lipinski definition) is 6. The number of non-ortho nitro benzene ring substituents is 1. The van der Waals surface area contributed by atoms with Gasteiger partial charge in [-0.05, 0) is 31.2 Å². The number of alkyl halides is 6. The van der Waals surface area contributed by atoms with E-state index in [1.807, 2.05) is 0 Å². The third-order valence-electron chi connectivity index (χ3n) is 4.84. The zero-order chi connectivity index (χ0) is 27.1. The van der Waals surface area contributed by atoms with E-state index in [1.54, 1.807) is 0 Å². The predicted molar refractivity (Wildman–Crippen MR) is 115 cm³/mol. The van der Waals surface area contributed by atoms with Crippen molar-refractivity contribution in [1.29, 1.82) is 0 Å². The van der Waals surface area contributed by atoms with Crippen LogP contribution in [0.3, 0.4) is 0 Å². The summed E-state index contributed by atoms with van der Waals surface area (Å²) in [4.78, 5) is 27.1. The summed E-state index contributed by atoms with van der Waals surface area (Å²) in [5.74, 6) is -1.59. The Balaban J connectivity index is 1.66. The summed E-state index contributed by atoms with van der Waals surface area (Å²) in [5, 5.41) is 17.2. The van der Waals surface area contributed by atoms with Crippen molar-refractivity contribution >= 4 is 22.9 Å². The number of carbonyl (C=O) groups excluding carboxylic acids is 1. The highest BCUT2D eigenvalue weighted by atomic mass is 19.4. The Morgan fingerprint density at radius 1 is 1.00 bits per heavy atom. The second-order valence-electron chi connectivity index (χ2n) is 7.63. The van der Waals surface area contributed by atoms with E-state index in [4.69, 9.17) is 4.74 Å². The highest BCUT2D eigenvalue weighted by Crippen LogP contribution is 2.35. The number of carbonyl (C=O) groups is 1. The number of nitrogens with zero attached hydrogens (tertiary/aromatic N) is 4. The minimum absolute atomic E-state index is 0.0294. The van der Waals surface area contributed by atoms with Crippen molar-refractivity contribution in [1.82, 2.24) is 14.6 Å². The maximum atomic E-state index is 13.4. The van der Waals surface area contributed by atoms with Crippen LogP contribution in [0.1, 0.15) is 27.4 Å². The van der Waals surface area contributed by atoms with Gasteiger partial charge in [-0.2, -0.15) is 31.4 Å². The molecule has 4 rings (SSSR count). The minimum Gasteiger partial charge on any atom is -0.457 e. The fourth-order valence-electron chi connectivity index (χ4n) is 3.30. The van der Waals surface area contributed by atoms with Gasteiger partial charge in [-0.3, -0.25) is 14.9 Å². The number of halogens is 6. The van der Waals surface area contributed by atoms with Crippen LogP contribution in [0.25, 0.3) is 5.65 Å². The normalized spacial score (nSPS) is 12.0. The van der Waals surface area contributed by atoms with Gasteiger partial charge in [0.15, 0.2) is 11.3 Å². The molecule has 9 nitrogen and oxygen atoms in total. The number of nitrogens with one attached hydrogen (secondary N) is 1. The molecule has 0 saturated carbocycles. The number of benzene rings is 2. The molecule has 15 heteroatoms. The molecule has 0 aliphatic carbocycles. The molecule has 2 aromatic carbocycles. The van der Waals surface area contributed by atoms with Gasteiger partial charge >= 0.3 is 12.4 Å². The number of nitro groups is 1. The Bertz CT molecular complexity index is 1530. The number of amides is 1. The van der Waals surface area contributed by atoms with Gasteiger partial charge in [-0.15, -0.1) is 0 Å². The van der Waals surface area contributed by atoms with E-state index in [0.29, 0.717) is 10.6 Å². The summed E-state index contributed by atoms with van der Waals surface area (Å²) < 4.78 is 84.8. The van der Waals surface area contributed by atoms with E-state index in [0.717, 1.165) is 42.5 Å². The fourth-order valence-corrected chi connectivity index (χ4v) is 3.30. The number of rotatable bonds is 5. The molecule has 0 atom stereocenters. The van der Waals surface area contributed by atoms with E-state index in [2.05, 4.69) is 15.4 Å². The molecule has 0 aliphatic rings. The minimum atomic E-state index is -4.79. The number of aryl methyl sites for hydroxylation is 1. The fraction of sp³-hybridized carbons (Fsp3) is 0.136. The molecule has 0 unspecified atom stereocenters. The lowest BCUT2D eigenvalue weighted by molar-refractivity contribution is -0.384. The number of ether oxygens (including phenoxy) is 1. The average molecular weight is 525 g/mol. The van der Waals surface area contributed by atoms with Crippen LogP contribution in [0.15, 0.2) is 54.6 Å². The van der Waals surface area contributed by atoms with Crippen molar-refractivity contribution in [3.05, 3.63) is 87.4 Å². The van der Waals surface area contributed by atoms with E-state index < -0.39 is 45.8 Å². The Kier molecular flexibility index (Phi) is 6.23. The molecule has 37 heavy (non-hydrogen) atoms. The van der Waals surface area contributed by atoms with Crippen LogP contribution < -0.4 is 10.1 Å². The monoisotopic (exact) mass is 525 g/mol. The molecule has 1 N–H and O–H groups in total. The molecule has 0 spiro atoms. The van der Waals surface area contributed by atoms with Crippen LogP contribution >= 0.6 is 0 Å².